The van der Waals surface area contributed by atoms with E-state index in [1.807, 2.05) is 76.1 Å². The van der Waals surface area contributed by atoms with Crippen LogP contribution in [-0.4, -0.2) is 19.3 Å². The van der Waals surface area contributed by atoms with Gasteiger partial charge in [-0.2, -0.15) is 5.10 Å². The highest BCUT2D eigenvalue weighted by molar-refractivity contribution is 6.09. The summed E-state index contributed by atoms with van der Waals surface area (Å²) in [6.45, 7) is 8.78. The summed E-state index contributed by atoms with van der Waals surface area (Å²) in [5.41, 5.74) is 8.90. The van der Waals surface area contributed by atoms with Crippen LogP contribution in [0.2, 0.25) is 0 Å². The second-order valence-electron chi connectivity index (χ2n) is 11.3. The van der Waals surface area contributed by atoms with Crippen LogP contribution in [-0.2, 0) is 0 Å². The van der Waals surface area contributed by atoms with Gasteiger partial charge < -0.3 is 4.74 Å². The van der Waals surface area contributed by atoms with Crippen molar-refractivity contribution in [2.24, 2.45) is 0 Å². The molecule has 0 radical (unpaired) electrons. The van der Waals surface area contributed by atoms with Gasteiger partial charge in [0.2, 0.25) is 0 Å². The molecule has 3 heterocycles. The van der Waals surface area contributed by atoms with E-state index in [9.17, 15) is 4.39 Å². The van der Waals surface area contributed by atoms with Gasteiger partial charge in [0.25, 0.3) is 0 Å². The highest BCUT2D eigenvalue weighted by Gasteiger charge is 2.15. The first-order valence-corrected chi connectivity index (χ1v) is 14.5. The Bertz CT molecular complexity index is 2120. The summed E-state index contributed by atoms with van der Waals surface area (Å²) < 4.78 is 24.4. The standard InChI is InChI=1S/C37H31FN4O/c1-23(2)26-16-24(3)37(25(4)17-26)27-21-40-41(22-27)29-8-7-9-30(19-29)43-31-12-13-33-32-10-5-6-11-34(32)42(35(33)20-31)36-18-28(38)14-15-39-36/h5-23H,1-4H3. The van der Waals surface area contributed by atoms with Gasteiger partial charge in [-0.1, -0.05) is 50.2 Å². The molecule has 0 N–H and O–H groups in total. The number of ether oxygens (including phenoxy) is 1. The molecule has 0 aliphatic rings. The number of aromatic nitrogens is 4. The number of nitrogens with zero attached hydrogens (tertiary/aromatic N) is 4. The summed E-state index contributed by atoms with van der Waals surface area (Å²) in [5, 5.41) is 6.79. The van der Waals surface area contributed by atoms with E-state index in [-0.39, 0.29) is 5.82 Å². The first kappa shape index (κ1) is 26.7. The van der Waals surface area contributed by atoms with Gasteiger partial charge in [-0.05, 0) is 78.4 Å². The zero-order valence-corrected chi connectivity index (χ0v) is 24.5. The Balaban J connectivity index is 1.23. The molecule has 7 rings (SSSR count). The predicted octanol–water partition coefficient (Wildman–Crippen LogP) is 9.70. The Morgan fingerprint density at radius 2 is 1.53 bits per heavy atom. The van der Waals surface area contributed by atoms with Crippen LogP contribution in [0.3, 0.4) is 0 Å². The minimum atomic E-state index is -0.333. The average molecular weight is 567 g/mol. The Labute approximate surface area is 249 Å². The molecule has 4 aromatic carbocycles. The van der Waals surface area contributed by atoms with E-state index in [0.717, 1.165) is 33.1 Å². The van der Waals surface area contributed by atoms with E-state index in [4.69, 9.17) is 4.74 Å². The lowest BCUT2D eigenvalue weighted by atomic mass is 9.91. The van der Waals surface area contributed by atoms with Gasteiger partial charge in [-0.3, -0.25) is 4.57 Å². The molecule has 0 atom stereocenters. The summed E-state index contributed by atoms with van der Waals surface area (Å²) in [7, 11) is 0. The van der Waals surface area contributed by atoms with Gasteiger partial charge in [0, 0.05) is 46.9 Å². The monoisotopic (exact) mass is 566 g/mol. The Morgan fingerprint density at radius 1 is 0.767 bits per heavy atom. The van der Waals surface area contributed by atoms with Crippen LogP contribution in [0.15, 0.2) is 110 Å². The van der Waals surface area contributed by atoms with Crippen molar-refractivity contribution < 1.29 is 9.13 Å². The van der Waals surface area contributed by atoms with E-state index in [2.05, 4.69) is 62.2 Å². The van der Waals surface area contributed by atoms with Crippen LogP contribution in [0.1, 0.15) is 36.5 Å². The summed E-state index contributed by atoms with van der Waals surface area (Å²) >= 11 is 0. The molecule has 0 spiro atoms. The third kappa shape index (κ3) is 4.85. The molecule has 0 amide bonds. The first-order chi connectivity index (χ1) is 20.9. The molecule has 0 saturated heterocycles. The van der Waals surface area contributed by atoms with Crippen molar-refractivity contribution in [3.05, 3.63) is 132 Å². The zero-order valence-electron chi connectivity index (χ0n) is 24.5. The molecule has 6 heteroatoms. The largest absolute Gasteiger partial charge is 0.457 e. The highest BCUT2D eigenvalue weighted by Crippen LogP contribution is 2.36. The molecule has 212 valence electrons. The van der Waals surface area contributed by atoms with Crippen LogP contribution >= 0.6 is 0 Å². The van der Waals surface area contributed by atoms with Crippen LogP contribution in [0.25, 0.3) is 44.4 Å². The maximum Gasteiger partial charge on any atom is 0.140 e. The molecule has 0 unspecified atom stereocenters. The number of hydrogen-bond acceptors (Lipinski definition) is 3. The maximum atomic E-state index is 14.2. The smallest absolute Gasteiger partial charge is 0.140 e. The van der Waals surface area contributed by atoms with E-state index in [1.54, 1.807) is 0 Å². The molecule has 0 saturated carbocycles. The van der Waals surface area contributed by atoms with Gasteiger partial charge in [-0.15, -0.1) is 0 Å². The molecular weight excluding hydrogens is 535 g/mol. The quantitative estimate of drug-likeness (QED) is 0.201. The summed E-state index contributed by atoms with van der Waals surface area (Å²) in [6.07, 6.45) is 5.48. The van der Waals surface area contributed by atoms with Crippen molar-refractivity contribution in [1.82, 2.24) is 19.3 Å². The first-order valence-electron chi connectivity index (χ1n) is 14.5. The van der Waals surface area contributed by atoms with Crippen molar-refractivity contribution in [2.75, 3.05) is 0 Å². The number of para-hydroxylation sites is 1. The lowest BCUT2D eigenvalue weighted by molar-refractivity contribution is 0.483. The SMILES string of the molecule is Cc1cc(C(C)C)cc(C)c1-c1cnn(-c2cccc(Oc3ccc4c5ccccc5n(-c5cc(F)ccn5)c4c3)c2)c1. The van der Waals surface area contributed by atoms with Gasteiger partial charge in [0.1, 0.15) is 23.1 Å². The fraction of sp³-hybridized carbons (Fsp3) is 0.135. The predicted molar refractivity (Wildman–Crippen MR) is 171 cm³/mol. The zero-order chi connectivity index (χ0) is 29.7. The van der Waals surface area contributed by atoms with Crippen molar-refractivity contribution in [2.45, 2.75) is 33.6 Å². The Kier molecular flexibility index (Phi) is 6.54. The number of aryl methyl sites for hydroxylation is 2. The lowest BCUT2D eigenvalue weighted by Gasteiger charge is -2.13. The molecule has 5 nitrogen and oxygen atoms in total. The normalized spacial score (nSPS) is 11.6. The fourth-order valence-corrected chi connectivity index (χ4v) is 5.98. The van der Waals surface area contributed by atoms with Gasteiger partial charge >= 0.3 is 0 Å². The number of fused-ring (bicyclic) bond motifs is 3. The Morgan fingerprint density at radius 3 is 2.33 bits per heavy atom. The highest BCUT2D eigenvalue weighted by atomic mass is 19.1. The number of hydrogen-bond donors (Lipinski definition) is 0. The molecule has 0 bridgehead atoms. The molecular formula is C37H31FN4O. The third-order valence-electron chi connectivity index (χ3n) is 7.99. The molecule has 0 fully saturated rings. The average Bonchev–Trinajstić information content (AvgIpc) is 3.60. The third-order valence-corrected chi connectivity index (χ3v) is 7.99. The van der Waals surface area contributed by atoms with Crippen LogP contribution < -0.4 is 4.74 Å². The van der Waals surface area contributed by atoms with Crippen molar-refractivity contribution in [3.63, 3.8) is 0 Å². The summed E-state index contributed by atoms with van der Waals surface area (Å²) in [4.78, 5) is 4.46. The second-order valence-corrected chi connectivity index (χ2v) is 11.3. The van der Waals surface area contributed by atoms with E-state index < -0.39 is 0 Å². The van der Waals surface area contributed by atoms with Gasteiger partial charge in [0.05, 0.1) is 22.9 Å². The lowest BCUT2D eigenvalue weighted by Crippen LogP contribution is -1.98. The molecule has 43 heavy (non-hydrogen) atoms. The fourth-order valence-electron chi connectivity index (χ4n) is 5.98. The molecule has 7 aromatic rings. The molecule has 0 aliphatic heterocycles. The topological polar surface area (TPSA) is 44.9 Å². The minimum absolute atomic E-state index is 0.333. The summed E-state index contributed by atoms with van der Waals surface area (Å²) in [6, 6.07) is 29.3. The van der Waals surface area contributed by atoms with E-state index >= 15 is 0 Å². The number of rotatable bonds is 6. The van der Waals surface area contributed by atoms with E-state index in [0.29, 0.717) is 23.2 Å². The van der Waals surface area contributed by atoms with E-state index in [1.165, 1.54) is 40.6 Å². The van der Waals surface area contributed by atoms with Crippen molar-refractivity contribution in [1.29, 1.82) is 0 Å². The number of benzene rings is 4. The van der Waals surface area contributed by atoms with Crippen molar-refractivity contribution >= 4 is 21.8 Å². The molecule has 3 aromatic heterocycles. The molecule has 0 aliphatic carbocycles. The van der Waals surface area contributed by atoms with Crippen molar-refractivity contribution in [3.8, 4) is 34.1 Å². The van der Waals surface area contributed by atoms with Crippen LogP contribution in [0.4, 0.5) is 4.39 Å². The minimum Gasteiger partial charge on any atom is -0.457 e. The number of halogens is 1. The van der Waals surface area contributed by atoms with Gasteiger partial charge in [0.15, 0.2) is 0 Å². The van der Waals surface area contributed by atoms with Gasteiger partial charge in [-0.25, -0.2) is 14.1 Å². The number of pyridine rings is 1. The van der Waals surface area contributed by atoms with Crippen LogP contribution in [0, 0.1) is 19.7 Å². The van der Waals surface area contributed by atoms with Crippen LogP contribution in [0.5, 0.6) is 11.5 Å². The Hall–Kier alpha value is -5.23. The summed E-state index contributed by atoms with van der Waals surface area (Å²) in [5.74, 6) is 2.03. The maximum absolute atomic E-state index is 14.2. The second kappa shape index (κ2) is 10.6.